The van der Waals surface area contributed by atoms with E-state index in [-0.39, 0.29) is 18.0 Å². The zero-order valence-electron chi connectivity index (χ0n) is 16.9. The van der Waals surface area contributed by atoms with E-state index < -0.39 is 0 Å². The summed E-state index contributed by atoms with van der Waals surface area (Å²) in [5.41, 5.74) is 0.714. The SMILES string of the molecule is O=C(Nc1cccc(Cl)c1)N1CCC(N2CCC(Oc3ccccc3F)CC2)CC1. The first kappa shape index (κ1) is 20.9. The van der Waals surface area contributed by atoms with Crippen molar-refractivity contribution in [1.82, 2.24) is 9.80 Å². The summed E-state index contributed by atoms with van der Waals surface area (Å²) in [6.45, 7) is 3.36. The second-order valence-corrected chi connectivity index (χ2v) is 8.38. The van der Waals surface area contributed by atoms with E-state index >= 15 is 0 Å². The summed E-state index contributed by atoms with van der Waals surface area (Å²) < 4.78 is 19.7. The molecule has 2 aliphatic rings. The van der Waals surface area contributed by atoms with E-state index in [1.54, 1.807) is 30.3 Å². The van der Waals surface area contributed by atoms with Crippen molar-refractivity contribution in [1.29, 1.82) is 0 Å². The normalized spacial score (nSPS) is 18.9. The molecule has 2 aromatic carbocycles. The molecule has 2 amide bonds. The lowest BCUT2D eigenvalue weighted by atomic mass is 9.99. The first-order valence-corrected chi connectivity index (χ1v) is 10.9. The average molecular weight is 432 g/mol. The molecule has 2 heterocycles. The predicted molar refractivity (Wildman–Crippen MR) is 117 cm³/mol. The number of hydrogen-bond donors (Lipinski definition) is 1. The molecule has 2 aromatic rings. The standard InChI is InChI=1S/C23H27ClFN3O2/c24-17-4-3-5-18(16-17)26-23(29)28-12-8-19(9-13-28)27-14-10-20(11-15-27)30-22-7-2-1-6-21(22)25/h1-7,16,19-20H,8-15H2,(H,26,29). The van der Waals surface area contributed by atoms with Gasteiger partial charge in [-0.05, 0) is 56.0 Å². The second-order valence-electron chi connectivity index (χ2n) is 7.94. The minimum absolute atomic E-state index is 0.0571. The highest BCUT2D eigenvalue weighted by Crippen LogP contribution is 2.25. The highest BCUT2D eigenvalue weighted by atomic mass is 35.5. The maximum absolute atomic E-state index is 13.8. The van der Waals surface area contributed by atoms with Crippen LogP contribution in [0.15, 0.2) is 48.5 Å². The molecular weight excluding hydrogens is 405 g/mol. The van der Waals surface area contributed by atoms with Crippen LogP contribution in [0.25, 0.3) is 0 Å². The van der Waals surface area contributed by atoms with Crippen LogP contribution < -0.4 is 10.1 Å². The number of nitrogens with one attached hydrogen (secondary N) is 1. The summed E-state index contributed by atoms with van der Waals surface area (Å²) in [5, 5.41) is 3.53. The molecule has 0 bridgehead atoms. The predicted octanol–water partition coefficient (Wildman–Crippen LogP) is 5.02. The molecule has 7 heteroatoms. The molecule has 0 unspecified atom stereocenters. The number of para-hydroxylation sites is 1. The van der Waals surface area contributed by atoms with Gasteiger partial charge in [-0.2, -0.15) is 0 Å². The van der Waals surface area contributed by atoms with Crippen LogP contribution in [0.4, 0.5) is 14.9 Å². The van der Waals surface area contributed by atoms with Gasteiger partial charge in [0.25, 0.3) is 0 Å². The van der Waals surface area contributed by atoms with Crippen LogP contribution in [0, 0.1) is 5.82 Å². The molecule has 4 rings (SSSR count). The smallest absolute Gasteiger partial charge is 0.321 e. The Labute approximate surface area is 181 Å². The zero-order chi connectivity index (χ0) is 20.9. The molecule has 0 radical (unpaired) electrons. The van der Waals surface area contributed by atoms with Crippen LogP contribution in [0.1, 0.15) is 25.7 Å². The van der Waals surface area contributed by atoms with Crippen molar-refractivity contribution in [3.8, 4) is 5.75 Å². The Balaban J connectivity index is 1.21. The van der Waals surface area contributed by atoms with Gasteiger partial charge in [0.05, 0.1) is 0 Å². The highest BCUT2D eigenvalue weighted by Gasteiger charge is 2.30. The molecule has 0 saturated carbocycles. The van der Waals surface area contributed by atoms with Gasteiger partial charge in [0.1, 0.15) is 6.10 Å². The van der Waals surface area contributed by atoms with Crippen LogP contribution in [0.3, 0.4) is 0 Å². The van der Waals surface area contributed by atoms with Crippen LogP contribution in [0.5, 0.6) is 5.75 Å². The monoisotopic (exact) mass is 431 g/mol. The van der Waals surface area contributed by atoms with E-state index in [4.69, 9.17) is 16.3 Å². The Morgan fingerprint density at radius 2 is 1.73 bits per heavy atom. The number of piperidine rings is 2. The van der Waals surface area contributed by atoms with Crippen molar-refractivity contribution in [3.63, 3.8) is 0 Å². The van der Waals surface area contributed by atoms with E-state index in [2.05, 4.69) is 10.2 Å². The second kappa shape index (κ2) is 9.67. The number of likely N-dealkylation sites (tertiary alicyclic amines) is 2. The Hall–Kier alpha value is -2.31. The molecule has 1 N–H and O–H groups in total. The lowest BCUT2D eigenvalue weighted by molar-refractivity contribution is 0.0529. The van der Waals surface area contributed by atoms with Gasteiger partial charge < -0.3 is 15.0 Å². The van der Waals surface area contributed by atoms with Gasteiger partial charge in [-0.15, -0.1) is 0 Å². The van der Waals surface area contributed by atoms with Crippen molar-refractivity contribution in [2.24, 2.45) is 0 Å². The van der Waals surface area contributed by atoms with Gasteiger partial charge in [0.15, 0.2) is 11.6 Å². The minimum Gasteiger partial charge on any atom is -0.487 e. The van der Waals surface area contributed by atoms with Gasteiger partial charge in [-0.25, -0.2) is 9.18 Å². The molecule has 2 saturated heterocycles. The number of carbonyl (C=O) groups is 1. The zero-order valence-corrected chi connectivity index (χ0v) is 17.7. The summed E-state index contributed by atoms with van der Waals surface area (Å²) in [4.78, 5) is 16.9. The van der Waals surface area contributed by atoms with Gasteiger partial charge in [-0.3, -0.25) is 4.90 Å². The molecule has 2 aliphatic heterocycles. The summed E-state index contributed by atoms with van der Waals surface area (Å²) in [7, 11) is 0. The number of nitrogens with zero attached hydrogens (tertiary/aromatic N) is 2. The Bertz CT molecular complexity index is 865. The van der Waals surface area contributed by atoms with Gasteiger partial charge in [0.2, 0.25) is 0 Å². The van der Waals surface area contributed by atoms with E-state index in [9.17, 15) is 9.18 Å². The lowest BCUT2D eigenvalue weighted by Crippen LogP contribution is -2.50. The third kappa shape index (κ3) is 5.24. The maximum Gasteiger partial charge on any atom is 0.321 e. The number of ether oxygens (including phenoxy) is 1. The fourth-order valence-corrected chi connectivity index (χ4v) is 4.47. The van der Waals surface area contributed by atoms with E-state index in [1.807, 2.05) is 17.0 Å². The minimum atomic E-state index is -0.302. The molecule has 0 aromatic heterocycles. The van der Waals surface area contributed by atoms with Crippen molar-refractivity contribution >= 4 is 23.3 Å². The van der Waals surface area contributed by atoms with E-state index in [1.165, 1.54) is 6.07 Å². The molecule has 0 aliphatic carbocycles. The molecule has 5 nitrogen and oxygen atoms in total. The Kier molecular flexibility index (Phi) is 6.75. The topological polar surface area (TPSA) is 44.8 Å². The van der Waals surface area contributed by atoms with Crippen molar-refractivity contribution in [2.75, 3.05) is 31.5 Å². The quantitative estimate of drug-likeness (QED) is 0.739. The summed E-state index contributed by atoms with van der Waals surface area (Å²) in [6.07, 6.45) is 3.76. The van der Waals surface area contributed by atoms with Crippen molar-refractivity contribution in [2.45, 2.75) is 37.8 Å². The molecule has 30 heavy (non-hydrogen) atoms. The molecule has 160 valence electrons. The largest absolute Gasteiger partial charge is 0.487 e. The number of benzene rings is 2. The lowest BCUT2D eigenvalue weighted by Gasteiger charge is -2.41. The number of amides is 2. The first-order valence-electron chi connectivity index (χ1n) is 10.6. The summed E-state index contributed by atoms with van der Waals surface area (Å²) >= 11 is 5.98. The Morgan fingerprint density at radius 3 is 2.43 bits per heavy atom. The number of carbonyl (C=O) groups excluding carboxylic acids is 1. The molecule has 0 spiro atoms. The number of hydrogen-bond acceptors (Lipinski definition) is 3. The fraction of sp³-hybridized carbons (Fsp3) is 0.435. The third-order valence-corrected chi connectivity index (χ3v) is 6.19. The number of urea groups is 1. The maximum atomic E-state index is 13.8. The molecule has 0 atom stereocenters. The number of halogens is 2. The Morgan fingerprint density at radius 1 is 1.00 bits per heavy atom. The fourth-order valence-electron chi connectivity index (χ4n) is 4.28. The molecule has 2 fully saturated rings. The third-order valence-electron chi connectivity index (χ3n) is 5.95. The molecular formula is C23H27ClFN3O2. The number of anilines is 1. The average Bonchev–Trinajstić information content (AvgIpc) is 2.76. The van der Waals surface area contributed by atoms with Crippen LogP contribution in [-0.2, 0) is 0 Å². The van der Waals surface area contributed by atoms with Crippen LogP contribution >= 0.6 is 11.6 Å². The van der Waals surface area contributed by atoms with E-state index in [0.29, 0.717) is 22.5 Å². The summed E-state index contributed by atoms with van der Waals surface area (Å²) in [6, 6.07) is 14.2. The van der Waals surface area contributed by atoms with Crippen molar-refractivity contribution in [3.05, 3.63) is 59.4 Å². The van der Waals surface area contributed by atoms with E-state index in [0.717, 1.165) is 51.9 Å². The van der Waals surface area contributed by atoms with Gasteiger partial charge in [0, 0.05) is 42.9 Å². The van der Waals surface area contributed by atoms with Gasteiger partial charge >= 0.3 is 6.03 Å². The highest BCUT2D eigenvalue weighted by molar-refractivity contribution is 6.30. The van der Waals surface area contributed by atoms with Gasteiger partial charge in [-0.1, -0.05) is 29.8 Å². The van der Waals surface area contributed by atoms with Crippen LogP contribution in [0.2, 0.25) is 5.02 Å². The van der Waals surface area contributed by atoms with Crippen LogP contribution in [-0.4, -0.2) is 54.2 Å². The number of rotatable bonds is 4. The van der Waals surface area contributed by atoms with Crippen molar-refractivity contribution < 1.29 is 13.9 Å². The summed E-state index contributed by atoms with van der Waals surface area (Å²) in [5.74, 6) is 0.0401. The first-order chi connectivity index (χ1) is 14.6.